The number of aromatic nitrogens is 3. The van der Waals surface area contributed by atoms with Crippen molar-refractivity contribution in [1.29, 1.82) is 0 Å². The number of thiazole rings is 1. The van der Waals surface area contributed by atoms with Crippen molar-refractivity contribution >= 4 is 17.2 Å². The average molecular weight is 369 g/mol. The number of benzene rings is 1. The Hall–Kier alpha value is -2.47. The van der Waals surface area contributed by atoms with E-state index >= 15 is 0 Å². The molecule has 3 aromatic rings. The van der Waals surface area contributed by atoms with Gasteiger partial charge in [-0.05, 0) is 30.0 Å². The first-order valence-electron chi connectivity index (χ1n) is 8.76. The van der Waals surface area contributed by atoms with Crippen molar-refractivity contribution < 1.29 is 4.79 Å². The molecule has 26 heavy (non-hydrogen) atoms. The molecule has 0 unspecified atom stereocenters. The summed E-state index contributed by atoms with van der Waals surface area (Å²) in [5.41, 5.74) is 4.05. The number of carbonyl (C=O) groups excluding carboxylic acids is 1. The second-order valence-corrected chi connectivity index (χ2v) is 7.92. The highest BCUT2D eigenvalue weighted by Crippen LogP contribution is 2.21. The van der Waals surface area contributed by atoms with Crippen molar-refractivity contribution in [3.05, 3.63) is 57.7 Å². The Labute approximate surface area is 158 Å². The van der Waals surface area contributed by atoms with Crippen LogP contribution in [-0.2, 0) is 20.0 Å². The van der Waals surface area contributed by atoms with Crippen molar-refractivity contribution in [3.8, 4) is 11.3 Å². The van der Waals surface area contributed by atoms with Crippen LogP contribution >= 0.6 is 11.3 Å². The minimum absolute atomic E-state index is 0.0503. The fraction of sp³-hybridized carbons (Fsp3) is 0.350. The molecule has 0 aliphatic heterocycles. The van der Waals surface area contributed by atoms with Crippen LogP contribution in [0.4, 0.5) is 0 Å². The lowest BCUT2D eigenvalue weighted by atomic mass is 10.1. The van der Waals surface area contributed by atoms with Crippen LogP contribution < -0.4 is 5.32 Å². The Kier molecular flexibility index (Phi) is 5.52. The highest BCUT2D eigenvalue weighted by atomic mass is 32.1. The van der Waals surface area contributed by atoms with E-state index in [4.69, 9.17) is 0 Å². The predicted molar refractivity (Wildman–Crippen MR) is 105 cm³/mol. The summed E-state index contributed by atoms with van der Waals surface area (Å²) in [6.45, 7) is 6.72. The molecule has 0 saturated heterocycles. The molecule has 0 atom stereocenters. The third kappa shape index (κ3) is 4.19. The number of hydrogen-bond acceptors (Lipinski definition) is 4. The first-order chi connectivity index (χ1) is 12.4. The third-order valence-corrected chi connectivity index (χ3v) is 5.33. The van der Waals surface area contributed by atoms with Crippen LogP contribution in [0, 0.1) is 12.8 Å². The van der Waals surface area contributed by atoms with Crippen LogP contribution in [0.2, 0.25) is 0 Å². The molecule has 5 nitrogen and oxygen atoms in total. The van der Waals surface area contributed by atoms with Gasteiger partial charge >= 0.3 is 0 Å². The van der Waals surface area contributed by atoms with Crippen molar-refractivity contribution in [1.82, 2.24) is 20.1 Å². The number of nitrogens with zero attached hydrogens (tertiary/aromatic N) is 3. The van der Waals surface area contributed by atoms with E-state index in [1.165, 1.54) is 11.3 Å². The Morgan fingerprint density at radius 3 is 2.58 bits per heavy atom. The maximum absolute atomic E-state index is 12.5. The Balaban J connectivity index is 1.63. The quantitative estimate of drug-likeness (QED) is 0.716. The van der Waals surface area contributed by atoms with E-state index in [2.05, 4.69) is 41.4 Å². The summed E-state index contributed by atoms with van der Waals surface area (Å²) in [5.74, 6) is 0.486. The topological polar surface area (TPSA) is 59.8 Å². The zero-order valence-corrected chi connectivity index (χ0v) is 16.4. The van der Waals surface area contributed by atoms with E-state index in [1.54, 1.807) is 6.20 Å². The molecular weight excluding hydrogens is 344 g/mol. The monoisotopic (exact) mass is 368 g/mol. The number of aryl methyl sites for hydroxylation is 2. The summed E-state index contributed by atoms with van der Waals surface area (Å²) in [4.78, 5) is 17.7. The largest absolute Gasteiger partial charge is 0.347 e. The fourth-order valence-corrected chi connectivity index (χ4v) is 4.01. The molecule has 136 valence electrons. The standard InChI is InChI=1S/C20H24N4OS/c1-13(2)11-18-23-14(3)19(26-18)20(25)21-12-15-5-7-16(8-6-15)17-9-10-22-24(17)4/h5-10,13H,11-12H2,1-4H3,(H,21,25). The molecule has 2 aromatic heterocycles. The smallest absolute Gasteiger partial charge is 0.263 e. The van der Waals surface area contributed by atoms with Gasteiger partial charge in [0.05, 0.1) is 16.4 Å². The van der Waals surface area contributed by atoms with Gasteiger partial charge in [-0.25, -0.2) is 4.98 Å². The molecule has 3 rings (SSSR count). The Morgan fingerprint density at radius 1 is 1.23 bits per heavy atom. The van der Waals surface area contributed by atoms with Crippen molar-refractivity contribution in [2.75, 3.05) is 0 Å². The minimum Gasteiger partial charge on any atom is -0.347 e. The third-order valence-electron chi connectivity index (χ3n) is 4.15. The van der Waals surface area contributed by atoms with Gasteiger partial charge in [0.2, 0.25) is 0 Å². The summed E-state index contributed by atoms with van der Waals surface area (Å²) in [6.07, 6.45) is 2.70. The van der Waals surface area contributed by atoms with E-state index in [1.807, 2.05) is 36.9 Å². The van der Waals surface area contributed by atoms with Gasteiger partial charge in [0.25, 0.3) is 5.91 Å². The molecule has 0 spiro atoms. The van der Waals surface area contributed by atoms with Gasteiger partial charge in [0.1, 0.15) is 4.88 Å². The van der Waals surface area contributed by atoms with E-state index < -0.39 is 0 Å². The van der Waals surface area contributed by atoms with Crippen molar-refractivity contribution in [2.24, 2.45) is 13.0 Å². The number of rotatable bonds is 6. The zero-order chi connectivity index (χ0) is 18.7. The van der Waals surface area contributed by atoms with Gasteiger partial charge in [-0.15, -0.1) is 11.3 Å². The molecule has 1 N–H and O–H groups in total. The zero-order valence-electron chi connectivity index (χ0n) is 15.6. The van der Waals surface area contributed by atoms with Gasteiger partial charge in [0.15, 0.2) is 0 Å². The lowest BCUT2D eigenvalue weighted by Crippen LogP contribution is -2.22. The lowest BCUT2D eigenvalue weighted by molar-refractivity contribution is 0.0954. The fourth-order valence-electron chi connectivity index (χ4n) is 2.81. The van der Waals surface area contributed by atoms with E-state index in [9.17, 15) is 4.79 Å². The summed E-state index contributed by atoms with van der Waals surface area (Å²) in [7, 11) is 1.93. The number of amides is 1. The molecular formula is C20H24N4OS. The summed E-state index contributed by atoms with van der Waals surface area (Å²) >= 11 is 1.50. The highest BCUT2D eigenvalue weighted by molar-refractivity contribution is 7.13. The van der Waals surface area contributed by atoms with Crippen LogP contribution in [0.25, 0.3) is 11.3 Å². The highest BCUT2D eigenvalue weighted by Gasteiger charge is 2.15. The van der Waals surface area contributed by atoms with Gasteiger partial charge in [0, 0.05) is 26.2 Å². The van der Waals surface area contributed by atoms with E-state index in [-0.39, 0.29) is 5.91 Å². The lowest BCUT2D eigenvalue weighted by Gasteiger charge is -2.06. The maximum Gasteiger partial charge on any atom is 0.263 e. The van der Waals surface area contributed by atoms with Crippen LogP contribution in [0.5, 0.6) is 0 Å². The summed E-state index contributed by atoms with van der Waals surface area (Å²) < 4.78 is 1.85. The van der Waals surface area contributed by atoms with Crippen LogP contribution in [-0.4, -0.2) is 20.7 Å². The number of nitrogens with one attached hydrogen (secondary N) is 1. The molecule has 6 heteroatoms. The average Bonchev–Trinajstić information content (AvgIpc) is 3.18. The number of hydrogen-bond donors (Lipinski definition) is 1. The summed E-state index contributed by atoms with van der Waals surface area (Å²) in [6, 6.07) is 10.2. The van der Waals surface area contributed by atoms with Crippen molar-refractivity contribution in [2.45, 2.75) is 33.7 Å². The molecule has 1 amide bonds. The molecule has 0 aliphatic carbocycles. The molecule has 0 radical (unpaired) electrons. The minimum atomic E-state index is -0.0503. The van der Waals surface area contributed by atoms with Crippen LogP contribution in [0.3, 0.4) is 0 Å². The van der Waals surface area contributed by atoms with Crippen LogP contribution in [0.1, 0.15) is 39.8 Å². The normalized spacial score (nSPS) is 11.1. The van der Waals surface area contributed by atoms with E-state index in [0.717, 1.165) is 33.9 Å². The molecule has 0 fully saturated rings. The van der Waals surface area contributed by atoms with Crippen LogP contribution in [0.15, 0.2) is 36.5 Å². The van der Waals surface area contributed by atoms with Gasteiger partial charge in [-0.1, -0.05) is 38.1 Å². The Bertz CT molecular complexity index is 893. The van der Waals surface area contributed by atoms with Crippen molar-refractivity contribution in [3.63, 3.8) is 0 Å². The molecule has 0 aliphatic rings. The molecule has 0 saturated carbocycles. The molecule has 0 bridgehead atoms. The maximum atomic E-state index is 12.5. The first-order valence-corrected chi connectivity index (χ1v) is 9.57. The van der Waals surface area contributed by atoms with Gasteiger partial charge in [-0.3, -0.25) is 9.48 Å². The molecule has 1 aromatic carbocycles. The molecule has 2 heterocycles. The first kappa shape index (κ1) is 18.3. The van der Waals surface area contributed by atoms with Gasteiger partial charge < -0.3 is 5.32 Å². The second-order valence-electron chi connectivity index (χ2n) is 6.84. The SMILES string of the molecule is Cc1nc(CC(C)C)sc1C(=O)NCc1ccc(-c2ccnn2C)cc1. The summed E-state index contributed by atoms with van der Waals surface area (Å²) in [5, 5.41) is 8.22. The second kappa shape index (κ2) is 7.83. The van der Waals surface area contributed by atoms with Gasteiger partial charge in [-0.2, -0.15) is 5.10 Å². The number of carbonyl (C=O) groups is 1. The predicted octanol–water partition coefficient (Wildman–Crippen LogP) is 3.98. The van der Waals surface area contributed by atoms with E-state index in [0.29, 0.717) is 17.3 Å². The Morgan fingerprint density at radius 2 is 1.96 bits per heavy atom.